The number of carbonyl (C=O) groups excluding carboxylic acids is 1. The van der Waals surface area contributed by atoms with E-state index in [0.29, 0.717) is 11.3 Å². The molecule has 0 radical (unpaired) electrons. The second kappa shape index (κ2) is 6.04. The molecule has 1 amide bonds. The van der Waals surface area contributed by atoms with Crippen molar-refractivity contribution in [3.63, 3.8) is 0 Å². The van der Waals surface area contributed by atoms with Crippen LogP contribution < -0.4 is 10.1 Å². The molecule has 1 saturated carbocycles. The standard InChI is InChI=1S/C15H20FNO2/c1-10-9-12(16)7-8-14(10)19-11(2)15(18)17-13-5-3-4-6-13/h7-9,11,13H,3-6H2,1-2H3,(H,17,18). The third-order valence-corrected chi connectivity index (χ3v) is 3.51. The fourth-order valence-corrected chi connectivity index (χ4v) is 2.38. The zero-order chi connectivity index (χ0) is 13.8. The van der Waals surface area contributed by atoms with E-state index in [1.54, 1.807) is 19.9 Å². The van der Waals surface area contributed by atoms with Crippen molar-refractivity contribution in [1.29, 1.82) is 0 Å². The lowest BCUT2D eigenvalue weighted by molar-refractivity contribution is -0.127. The van der Waals surface area contributed by atoms with Crippen LogP contribution in [0.15, 0.2) is 18.2 Å². The summed E-state index contributed by atoms with van der Waals surface area (Å²) in [5.41, 5.74) is 0.695. The van der Waals surface area contributed by atoms with Gasteiger partial charge in [-0.2, -0.15) is 0 Å². The lowest BCUT2D eigenvalue weighted by Crippen LogP contribution is -2.41. The molecule has 0 aliphatic heterocycles. The molecule has 1 aliphatic carbocycles. The summed E-state index contributed by atoms with van der Waals surface area (Å²) in [5.74, 6) is 0.152. The van der Waals surface area contributed by atoms with Crippen molar-refractivity contribution in [2.45, 2.75) is 51.7 Å². The third kappa shape index (κ3) is 3.69. The Kier molecular flexibility index (Phi) is 4.40. The van der Waals surface area contributed by atoms with Crippen LogP contribution in [0.4, 0.5) is 4.39 Å². The highest BCUT2D eigenvalue weighted by atomic mass is 19.1. The van der Waals surface area contributed by atoms with Crippen LogP contribution in [0, 0.1) is 12.7 Å². The van der Waals surface area contributed by atoms with Crippen LogP contribution in [0.3, 0.4) is 0 Å². The molecule has 0 aromatic heterocycles. The van der Waals surface area contributed by atoms with Gasteiger partial charge in [0.05, 0.1) is 0 Å². The Morgan fingerprint density at radius 2 is 2.11 bits per heavy atom. The summed E-state index contributed by atoms with van der Waals surface area (Å²) in [6.45, 7) is 3.48. The van der Waals surface area contributed by atoms with Gasteiger partial charge in [-0.25, -0.2) is 4.39 Å². The first-order valence-corrected chi connectivity index (χ1v) is 6.79. The number of benzene rings is 1. The van der Waals surface area contributed by atoms with E-state index < -0.39 is 6.10 Å². The van der Waals surface area contributed by atoms with E-state index in [1.165, 1.54) is 25.0 Å². The smallest absolute Gasteiger partial charge is 0.260 e. The van der Waals surface area contributed by atoms with Crippen molar-refractivity contribution in [3.8, 4) is 5.75 Å². The number of carbonyl (C=O) groups is 1. The SMILES string of the molecule is Cc1cc(F)ccc1OC(C)C(=O)NC1CCCC1. The highest BCUT2D eigenvalue weighted by molar-refractivity contribution is 5.81. The second-order valence-electron chi connectivity index (χ2n) is 5.16. The fourth-order valence-electron chi connectivity index (χ4n) is 2.38. The average molecular weight is 265 g/mol. The van der Waals surface area contributed by atoms with Crippen molar-refractivity contribution in [1.82, 2.24) is 5.32 Å². The molecule has 0 heterocycles. The normalized spacial score (nSPS) is 17.2. The van der Waals surface area contributed by atoms with Crippen molar-refractivity contribution in [2.75, 3.05) is 0 Å². The first-order chi connectivity index (χ1) is 9.06. The molecule has 19 heavy (non-hydrogen) atoms. The molecule has 1 fully saturated rings. The molecular weight excluding hydrogens is 245 g/mol. The van der Waals surface area contributed by atoms with E-state index in [1.807, 2.05) is 0 Å². The quantitative estimate of drug-likeness (QED) is 0.909. The average Bonchev–Trinajstić information content (AvgIpc) is 2.85. The van der Waals surface area contributed by atoms with Gasteiger partial charge in [-0.15, -0.1) is 0 Å². The number of rotatable bonds is 4. The minimum absolute atomic E-state index is 0.101. The summed E-state index contributed by atoms with van der Waals surface area (Å²) >= 11 is 0. The highest BCUT2D eigenvalue weighted by Crippen LogP contribution is 2.21. The number of ether oxygens (including phenoxy) is 1. The van der Waals surface area contributed by atoms with E-state index in [0.717, 1.165) is 12.8 Å². The molecule has 2 rings (SSSR count). The molecule has 104 valence electrons. The van der Waals surface area contributed by atoms with Crippen LogP contribution in [-0.2, 0) is 4.79 Å². The minimum Gasteiger partial charge on any atom is -0.481 e. The maximum atomic E-state index is 13.0. The summed E-state index contributed by atoms with van der Waals surface area (Å²) in [7, 11) is 0. The largest absolute Gasteiger partial charge is 0.481 e. The van der Waals surface area contributed by atoms with Crippen molar-refractivity contribution in [3.05, 3.63) is 29.6 Å². The van der Waals surface area contributed by atoms with E-state index in [-0.39, 0.29) is 17.8 Å². The number of hydrogen-bond donors (Lipinski definition) is 1. The predicted molar refractivity (Wildman–Crippen MR) is 71.6 cm³/mol. The summed E-state index contributed by atoms with van der Waals surface area (Å²) in [6.07, 6.45) is 3.89. The maximum Gasteiger partial charge on any atom is 0.260 e. The molecule has 1 atom stereocenters. The minimum atomic E-state index is -0.565. The van der Waals surface area contributed by atoms with Gasteiger partial charge in [0.1, 0.15) is 11.6 Å². The topological polar surface area (TPSA) is 38.3 Å². The molecule has 4 heteroatoms. The Labute approximate surface area is 113 Å². The molecule has 0 spiro atoms. The van der Waals surface area contributed by atoms with Gasteiger partial charge < -0.3 is 10.1 Å². The molecule has 0 bridgehead atoms. The van der Waals surface area contributed by atoms with Gasteiger partial charge >= 0.3 is 0 Å². The van der Waals surface area contributed by atoms with Gasteiger partial charge in [0.25, 0.3) is 5.91 Å². The van der Waals surface area contributed by atoms with Gasteiger partial charge in [-0.3, -0.25) is 4.79 Å². The van der Waals surface area contributed by atoms with E-state index in [2.05, 4.69) is 5.32 Å². The van der Waals surface area contributed by atoms with Crippen LogP contribution in [0.1, 0.15) is 38.2 Å². The molecule has 0 saturated heterocycles. The Morgan fingerprint density at radius 3 is 2.74 bits per heavy atom. The molecule has 1 unspecified atom stereocenters. The molecule has 1 aromatic carbocycles. The highest BCUT2D eigenvalue weighted by Gasteiger charge is 2.21. The number of aryl methyl sites for hydroxylation is 1. The summed E-state index contributed by atoms with van der Waals surface area (Å²) in [5, 5.41) is 2.99. The summed E-state index contributed by atoms with van der Waals surface area (Å²) < 4.78 is 18.6. The maximum absolute atomic E-state index is 13.0. The van der Waals surface area contributed by atoms with E-state index >= 15 is 0 Å². The van der Waals surface area contributed by atoms with Crippen LogP contribution >= 0.6 is 0 Å². The number of hydrogen-bond acceptors (Lipinski definition) is 2. The summed E-state index contributed by atoms with van der Waals surface area (Å²) in [6, 6.07) is 4.58. The van der Waals surface area contributed by atoms with Crippen LogP contribution in [0.25, 0.3) is 0 Å². The van der Waals surface area contributed by atoms with Crippen molar-refractivity contribution >= 4 is 5.91 Å². The van der Waals surface area contributed by atoms with Crippen LogP contribution in [0.2, 0.25) is 0 Å². The first-order valence-electron chi connectivity index (χ1n) is 6.79. The fraction of sp³-hybridized carbons (Fsp3) is 0.533. The van der Waals surface area contributed by atoms with Gasteiger partial charge in [0.2, 0.25) is 0 Å². The lowest BCUT2D eigenvalue weighted by atomic mass is 10.2. The van der Waals surface area contributed by atoms with Crippen molar-refractivity contribution in [2.24, 2.45) is 0 Å². The Balaban J connectivity index is 1.92. The van der Waals surface area contributed by atoms with Crippen LogP contribution in [0.5, 0.6) is 5.75 Å². The first kappa shape index (κ1) is 13.8. The Morgan fingerprint density at radius 1 is 1.42 bits per heavy atom. The van der Waals surface area contributed by atoms with Gasteiger partial charge in [-0.1, -0.05) is 12.8 Å². The lowest BCUT2D eigenvalue weighted by Gasteiger charge is -2.19. The zero-order valence-corrected chi connectivity index (χ0v) is 11.4. The van der Waals surface area contributed by atoms with Gasteiger partial charge in [0, 0.05) is 6.04 Å². The predicted octanol–water partition coefficient (Wildman–Crippen LogP) is 2.96. The molecule has 3 nitrogen and oxygen atoms in total. The third-order valence-electron chi connectivity index (χ3n) is 3.51. The van der Waals surface area contributed by atoms with Crippen LogP contribution in [-0.4, -0.2) is 18.1 Å². The second-order valence-corrected chi connectivity index (χ2v) is 5.16. The Bertz CT molecular complexity index is 455. The molecule has 1 N–H and O–H groups in total. The van der Waals surface area contributed by atoms with Crippen molar-refractivity contribution < 1.29 is 13.9 Å². The van der Waals surface area contributed by atoms with Gasteiger partial charge in [0.15, 0.2) is 6.10 Å². The van der Waals surface area contributed by atoms with Gasteiger partial charge in [-0.05, 0) is 50.5 Å². The van der Waals surface area contributed by atoms with E-state index in [9.17, 15) is 9.18 Å². The number of halogens is 1. The molecular formula is C15H20FNO2. The molecule has 1 aromatic rings. The summed E-state index contributed by atoms with van der Waals surface area (Å²) in [4.78, 5) is 12.0. The number of nitrogens with one attached hydrogen (secondary N) is 1. The number of amides is 1. The zero-order valence-electron chi connectivity index (χ0n) is 11.4. The molecule has 1 aliphatic rings. The Hall–Kier alpha value is -1.58. The monoisotopic (exact) mass is 265 g/mol. The van der Waals surface area contributed by atoms with E-state index in [4.69, 9.17) is 4.74 Å².